The Morgan fingerprint density at radius 2 is 1.92 bits per heavy atom. The van der Waals surface area contributed by atoms with Crippen molar-refractivity contribution in [3.05, 3.63) is 70.4 Å². The van der Waals surface area contributed by atoms with Crippen molar-refractivity contribution in [3.8, 4) is 11.3 Å². The average molecular weight is 388 g/mol. The number of thiazole rings is 1. The van der Waals surface area contributed by atoms with Crippen molar-refractivity contribution in [2.24, 2.45) is 5.10 Å². The van der Waals surface area contributed by atoms with E-state index in [9.17, 15) is 0 Å². The third-order valence-corrected chi connectivity index (χ3v) is 5.25. The summed E-state index contributed by atoms with van der Waals surface area (Å²) in [4.78, 5) is 4.45. The Bertz CT molecular complexity index is 1040. The molecule has 0 aliphatic heterocycles. The van der Waals surface area contributed by atoms with Gasteiger partial charge < -0.3 is 4.42 Å². The Morgan fingerprint density at radius 1 is 1.04 bits per heavy atom. The highest BCUT2D eigenvalue weighted by Gasteiger charge is 2.10. The van der Waals surface area contributed by atoms with E-state index in [0.29, 0.717) is 21.6 Å². The Morgan fingerprint density at radius 3 is 2.80 bits per heavy atom. The molecule has 7 heteroatoms. The Kier molecular flexibility index (Phi) is 4.44. The molecule has 2 heterocycles. The molecule has 0 aliphatic carbocycles. The molecule has 0 radical (unpaired) electrons. The molecule has 0 spiro atoms. The van der Waals surface area contributed by atoms with E-state index in [1.54, 1.807) is 12.3 Å². The van der Waals surface area contributed by atoms with Gasteiger partial charge in [0, 0.05) is 5.56 Å². The molecule has 0 saturated heterocycles. The fourth-order valence-corrected chi connectivity index (χ4v) is 3.54. The second-order valence-electron chi connectivity index (χ2n) is 5.16. The fourth-order valence-electron chi connectivity index (χ4n) is 2.33. The number of para-hydroxylation sites is 1. The van der Waals surface area contributed by atoms with Crippen molar-refractivity contribution >= 4 is 56.1 Å². The molecule has 124 valence electrons. The molecule has 0 fully saturated rings. The molecule has 1 N–H and O–H groups in total. The molecule has 2 aromatic heterocycles. The van der Waals surface area contributed by atoms with Gasteiger partial charge in [-0.15, -0.1) is 0 Å². The molecule has 0 aliphatic rings. The number of rotatable bonds is 4. The largest absolute Gasteiger partial charge is 0.455 e. The smallest absolute Gasteiger partial charge is 0.204 e. The van der Waals surface area contributed by atoms with Gasteiger partial charge >= 0.3 is 0 Å². The van der Waals surface area contributed by atoms with Gasteiger partial charge in [-0.05, 0) is 36.4 Å². The quantitative estimate of drug-likeness (QED) is 0.329. The molecule has 25 heavy (non-hydrogen) atoms. The number of furan rings is 1. The number of hydrogen-bond donors (Lipinski definition) is 1. The second-order valence-corrected chi connectivity index (χ2v) is 6.98. The van der Waals surface area contributed by atoms with Crippen LogP contribution in [0.1, 0.15) is 5.76 Å². The normalized spacial score (nSPS) is 11.4. The number of nitrogens with one attached hydrogen (secondary N) is 1. The molecule has 4 aromatic rings. The Labute approximate surface area is 157 Å². The van der Waals surface area contributed by atoms with Crippen LogP contribution in [-0.2, 0) is 0 Å². The summed E-state index contributed by atoms with van der Waals surface area (Å²) < 4.78 is 6.86. The van der Waals surface area contributed by atoms with E-state index in [1.165, 1.54) is 11.3 Å². The lowest BCUT2D eigenvalue weighted by Gasteiger charge is -2.01. The summed E-state index contributed by atoms with van der Waals surface area (Å²) in [5.74, 6) is 1.23. The lowest BCUT2D eigenvalue weighted by atomic mass is 10.2. The predicted molar refractivity (Wildman–Crippen MR) is 105 cm³/mol. The van der Waals surface area contributed by atoms with Gasteiger partial charge in [-0.1, -0.05) is 52.7 Å². The Balaban J connectivity index is 1.50. The van der Waals surface area contributed by atoms with Crippen LogP contribution in [0.2, 0.25) is 10.0 Å². The van der Waals surface area contributed by atoms with Crippen LogP contribution in [-0.4, -0.2) is 11.2 Å². The summed E-state index contributed by atoms with van der Waals surface area (Å²) in [6, 6.07) is 17.0. The van der Waals surface area contributed by atoms with Crippen LogP contribution in [0.25, 0.3) is 21.5 Å². The lowest BCUT2D eigenvalue weighted by molar-refractivity contribution is 0.575. The number of halogens is 2. The standard InChI is InChI=1S/C18H11Cl2N3OS/c19-13-5-3-4-12(17(13)20)15-9-8-11(24-15)10-21-23-18-22-14-6-1-2-7-16(14)25-18/h1-10H,(H,22,23)/b21-10-. The zero-order chi connectivity index (χ0) is 17.2. The first-order valence-corrected chi connectivity index (χ1v) is 8.97. The van der Waals surface area contributed by atoms with Crippen LogP contribution in [0, 0.1) is 0 Å². The van der Waals surface area contributed by atoms with Gasteiger partial charge in [0.2, 0.25) is 5.13 Å². The van der Waals surface area contributed by atoms with Crippen LogP contribution in [0.5, 0.6) is 0 Å². The SMILES string of the molecule is Clc1cccc(-c2ccc(/C=N\Nc3nc4ccccc4s3)o2)c1Cl. The van der Waals surface area contributed by atoms with Crippen molar-refractivity contribution in [2.75, 3.05) is 5.43 Å². The molecule has 0 saturated carbocycles. The zero-order valence-electron chi connectivity index (χ0n) is 12.7. The van der Waals surface area contributed by atoms with Crippen molar-refractivity contribution in [3.63, 3.8) is 0 Å². The summed E-state index contributed by atoms with van der Waals surface area (Å²) in [5.41, 5.74) is 4.61. The maximum absolute atomic E-state index is 6.22. The van der Waals surface area contributed by atoms with Crippen LogP contribution in [0.4, 0.5) is 5.13 Å². The summed E-state index contributed by atoms with van der Waals surface area (Å²) in [5, 5.41) is 5.85. The first-order chi connectivity index (χ1) is 12.2. The van der Waals surface area contributed by atoms with Gasteiger partial charge in [-0.2, -0.15) is 5.10 Å². The van der Waals surface area contributed by atoms with E-state index in [2.05, 4.69) is 15.5 Å². The molecular formula is C18H11Cl2N3OS. The van der Waals surface area contributed by atoms with E-state index in [0.717, 1.165) is 20.9 Å². The highest BCUT2D eigenvalue weighted by atomic mass is 35.5. The van der Waals surface area contributed by atoms with Gasteiger partial charge in [-0.25, -0.2) is 4.98 Å². The first-order valence-electron chi connectivity index (χ1n) is 7.39. The highest BCUT2D eigenvalue weighted by Crippen LogP contribution is 2.34. The first kappa shape index (κ1) is 16.1. The van der Waals surface area contributed by atoms with E-state index in [-0.39, 0.29) is 0 Å². The number of fused-ring (bicyclic) bond motifs is 1. The van der Waals surface area contributed by atoms with E-state index in [4.69, 9.17) is 27.6 Å². The minimum absolute atomic E-state index is 0.467. The van der Waals surface area contributed by atoms with Crippen molar-refractivity contribution in [1.82, 2.24) is 4.98 Å². The van der Waals surface area contributed by atoms with Gasteiger partial charge in [0.15, 0.2) is 0 Å². The third-order valence-electron chi connectivity index (χ3n) is 3.49. The monoisotopic (exact) mass is 387 g/mol. The molecule has 0 amide bonds. The second kappa shape index (κ2) is 6.88. The highest BCUT2D eigenvalue weighted by molar-refractivity contribution is 7.22. The number of aromatic nitrogens is 1. The minimum atomic E-state index is 0.467. The Hall–Kier alpha value is -2.34. The van der Waals surface area contributed by atoms with Gasteiger partial charge in [0.05, 0.1) is 26.5 Å². The fraction of sp³-hybridized carbons (Fsp3) is 0. The zero-order valence-corrected chi connectivity index (χ0v) is 15.1. The average Bonchev–Trinajstić information content (AvgIpc) is 3.24. The van der Waals surface area contributed by atoms with Gasteiger partial charge in [0.1, 0.15) is 11.5 Å². The van der Waals surface area contributed by atoms with Gasteiger partial charge in [-0.3, -0.25) is 5.43 Å². The van der Waals surface area contributed by atoms with E-state index in [1.807, 2.05) is 48.5 Å². The maximum Gasteiger partial charge on any atom is 0.204 e. The number of hydrogen-bond acceptors (Lipinski definition) is 5. The number of nitrogens with zero attached hydrogens (tertiary/aromatic N) is 2. The summed E-state index contributed by atoms with van der Waals surface area (Å²) in [7, 11) is 0. The molecule has 0 bridgehead atoms. The van der Waals surface area contributed by atoms with Crippen LogP contribution in [0.3, 0.4) is 0 Å². The maximum atomic E-state index is 6.22. The molecule has 4 rings (SSSR count). The minimum Gasteiger partial charge on any atom is -0.455 e. The van der Waals surface area contributed by atoms with E-state index >= 15 is 0 Å². The third kappa shape index (κ3) is 3.39. The summed E-state index contributed by atoms with van der Waals surface area (Å²) in [6.07, 6.45) is 1.59. The molecule has 2 aromatic carbocycles. The number of hydrazone groups is 1. The predicted octanol–water partition coefficient (Wildman–Crippen LogP) is 6.31. The molecule has 0 atom stereocenters. The van der Waals surface area contributed by atoms with Crippen LogP contribution < -0.4 is 5.43 Å². The van der Waals surface area contributed by atoms with Crippen LogP contribution >= 0.6 is 34.5 Å². The summed E-state index contributed by atoms with van der Waals surface area (Å²) >= 11 is 13.8. The molecular weight excluding hydrogens is 377 g/mol. The van der Waals surface area contributed by atoms with Crippen LogP contribution in [0.15, 0.2) is 64.1 Å². The number of benzene rings is 2. The van der Waals surface area contributed by atoms with Crippen molar-refractivity contribution < 1.29 is 4.42 Å². The lowest BCUT2D eigenvalue weighted by Crippen LogP contribution is -1.88. The molecule has 0 unspecified atom stereocenters. The van der Waals surface area contributed by atoms with Crippen molar-refractivity contribution in [1.29, 1.82) is 0 Å². The van der Waals surface area contributed by atoms with Gasteiger partial charge in [0.25, 0.3) is 0 Å². The summed E-state index contributed by atoms with van der Waals surface area (Å²) in [6.45, 7) is 0. The molecule has 4 nitrogen and oxygen atoms in total. The number of anilines is 1. The van der Waals surface area contributed by atoms with E-state index < -0.39 is 0 Å². The topological polar surface area (TPSA) is 50.4 Å². The van der Waals surface area contributed by atoms with Crippen molar-refractivity contribution in [2.45, 2.75) is 0 Å².